The van der Waals surface area contributed by atoms with Gasteiger partial charge in [-0.3, -0.25) is 14.9 Å². The zero-order valence-corrected chi connectivity index (χ0v) is 10.4. The third-order valence-corrected chi connectivity index (χ3v) is 2.81. The number of hydrogen-bond donors (Lipinski definition) is 1. The van der Waals surface area contributed by atoms with Crippen molar-refractivity contribution in [2.45, 2.75) is 20.0 Å². The Morgan fingerprint density at radius 3 is 2.28 bits per heavy atom. The van der Waals surface area contributed by atoms with E-state index in [1.807, 2.05) is 0 Å². The van der Waals surface area contributed by atoms with Gasteiger partial charge in [0.05, 0.1) is 23.6 Å². The van der Waals surface area contributed by atoms with Gasteiger partial charge in [0.25, 0.3) is 5.69 Å². The molecule has 1 aromatic carbocycles. The SMILES string of the molecule is COC(=O)C(C)(C)[C@H](O)c1ccc([N+](=O)[O-])cc1. The van der Waals surface area contributed by atoms with Gasteiger partial charge in [0.1, 0.15) is 0 Å². The molecule has 18 heavy (non-hydrogen) atoms. The lowest BCUT2D eigenvalue weighted by atomic mass is 9.82. The van der Waals surface area contributed by atoms with Crippen LogP contribution in [0.15, 0.2) is 24.3 Å². The molecule has 1 aromatic rings. The minimum Gasteiger partial charge on any atom is -0.469 e. The fourth-order valence-electron chi connectivity index (χ4n) is 1.57. The third kappa shape index (κ3) is 2.65. The monoisotopic (exact) mass is 253 g/mol. The van der Waals surface area contributed by atoms with Gasteiger partial charge >= 0.3 is 5.97 Å². The number of aliphatic hydroxyl groups is 1. The summed E-state index contributed by atoms with van der Waals surface area (Å²) in [7, 11) is 1.24. The van der Waals surface area contributed by atoms with Gasteiger partial charge in [0, 0.05) is 12.1 Å². The first kappa shape index (κ1) is 14.1. The predicted octanol–water partition coefficient (Wildman–Crippen LogP) is 1.83. The summed E-state index contributed by atoms with van der Waals surface area (Å²) in [5.74, 6) is -0.548. The third-order valence-electron chi connectivity index (χ3n) is 2.81. The Bertz CT molecular complexity index is 452. The Balaban J connectivity index is 3.00. The highest BCUT2D eigenvalue weighted by molar-refractivity contribution is 5.76. The average Bonchev–Trinajstić information content (AvgIpc) is 2.36. The number of benzene rings is 1. The molecule has 0 aliphatic rings. The molecule has 1 rings (SSSR count). The molecule has 0 spiro atoms. The number of ether oxygens (including phenoxy) is 1. The molecule has 1 N–H and O–H groups in total. The second-order valence-corrected chi connectivity index (χ2v) is 4.46. The second kappa shape index (κ2) is 5.14. The van der Waals surface area contributed by atoms with E-state index in [1.54, 1.807) is 13.8 Å². The fraction of sp³-hybridized carbons (Fsp3) is 0.417. The maximum absolute atomic E-state index is 11.5. The summed E-state index contributed by atoms with van der Waals surface area (Å²) in [4.78, 5) is 21.5. The Labute approximate surface area is 104 Å². The van der Waals surface area contributed by atoms with Crippen LogP contribution in [0, 0.1) is 15.5 Å². The number of nitro groups is 1. The second-order valence-electron chi connectivity index (χ2n) is 4.46. The molecule has 6 heteroatoms. The first-order valence-electron chi connectivity index (χ1n) is 5.31. The molecule has 0 saturated carbocycles. The Morgan fingerprint density at radius 1 is 1.39 bits per heavy atom. The van der Waals surface area contributed by atoms with E-state index in [9.17, 15) is 20.0 Å². The zero-order chi connectivity index (χ0) is 13.9. The van der Waals surface area contributed by atoms with Gasteiger partial charge in [0.15, 0.2) is 0 Å². The first-order valence-corrected chi connectivity index (χ1v) is 5.31. The number of non-ortho nitro benzene ring substituents is 1. The van der Waals surface area contributed by atoms with Crippen LogP contribution in [0.5, 0.6) is 0 Å². The highest BCUT2D eigenvalue weighted by atomic mass is 16.6. The van der Waals surface area contributed by atoms with E-state index in [-0.39, 0.29) is 5.69 Å². The van der Waals surface area contributed by atoms with Crippen molar-refractivity contribution < 1.29 is 19.6 Å². The van der Waals surface area contributed by atoms with E-state index in [0.717, 1.165) is 0 Å². The lowest BCUT2D eigenvalue weighted by Crippen LogP contribution is -2.32. The van der Waals surface area contributed by atoms with Gasteiger partial charge in [-0.2, -0.15) is 0 Å². The lowest BCUT2D eigenvalue weighted by Gasteiger charge is -2.27. The van der Waals surface area contributed by atoms with Crippen LogP contribution in [0.2, 0.25) is 0 Å². The van der Waals surface area contributed by atoms with Gasteiger partial charge in [0.2, 0.25) is 0 Å². The molecule has 0 bridgehead atoms. The van der Waals surface area contributed by atoms with Crippen molar-refractivity contribution in [1.29, 1.82) is 0 Å². The van der Waals surface area contributed by atoms with Crippen LogP contribution in [0.3, 0.4) is 0 Å². The van der Waals surface area contributed by atoms with Gasteiger partial charge in [-0.15, -0.1) is 0 Å². The summed E-state index contributed by atoms with van der Waals surface area (Å²) >= 11 is 0. The number of carbonyl (C=O) groups excluding carboxylic acids is 1. The zero-order valence-electron chi connectivity index (χ0n) is 10.4. The molecule has 0 unspecified atom stereocenters. The molecule has 0 fully saturated rings. The van der Waals surface area contributed by atoms with E-state index >= 15 is 0 Å². The highest BCUT2D eigenvalue weighted by Gasteiger charge is 2.37. The van der Waals surface area contributed by atoms with Crippen LogP contribution in [-0.2, 0) is 9.53 Å². The Morgan fingerprint density at radius 2 is 1.89 bits per heavy atom. The Hall–Kier alpha value is -1.95. The molecule has 0 aromatic heterocycles. The van der Waals surface area contributed by atoms with E-state index in [0.29, 0.717) is 5.56 Å². The first-order chi connectivity index (χ1) is 8.30. The minimum absolute atomic E-state index is 0.0678. The standard InChI is InChI=1S/C12H15NO5/c1-12(2,11(15)18-3)10(14)8-4-6-9(7-5-8)13(16)17/h4-7,10,14H,1-3H3/t10-/m1/s1. The maximum Gasteiger partial charge on any atom is 0.314 e. The van der Waals surface area contributed by atoms with E-state index in [1.165, 1.54) is 31.4 Å². The smallest absolute Gasteiger partial charge is 0.314 e. The number of methoxy groups -OCH3 is 1. The van der Waals surface area contributed by atoms with Gasteiger partial charge in [-0.1, -0.05) is 0 Å². The highest BCUT2D eigenvalue weighted by Crippen LogP contribution is 2.34. The van der Waals surface area contributed by atoms with Crippen molar-refractivity contribution in [2.75, 3.05) is 7.11 Å². The van der Waals surface area contributed by atoms with Crippen LogP contribution in [-0.4, -0.2) is 23.1 Å². The summed E-state index contributed by atoms with van der Waals surface area (Å²) in [6.07, 6.45) is -1.09. The Kier molecular flexibility index (Phi) is 4.03. The number of hydrogen-bond acceptors (Lipinski definition) is 5. The molecule has 0 aliphatic carbocycles. The molecule has 0 amide bonds. The largest absolute Gasteiger partial charge is 0.469 e. The van der Waals surface area contributed by atoms with Gasteiger partial charge in [-0.05, 0) is 31.5 Å². The summed E-state index contributed by atoms with van der Waals surface area (Å²) in [6, 6.07) is 5.42. The number of rotatable bonds is 4. The normalized spacial score (nSPS) is 12.9. The molecule has 0 heterocycles. The molecule has 98 valence electrons. The summed E-state index contributed by atoms with van der Waals surface area (Å²) in [5, 5.41) is 20.6. The van der Waals surface area contributed by atoms with Crippen LogP contribution < -0.4 is 0 Å². The molecule has 6 nitrogen and oxygen atoms in total. The number of nitrogens with zero attached hydrogens (tertiary/aromatic N) is 1. The molecular formula is C12H15NO5. The van der Waals surface area contributed by atoms with E-state index in [4.69, 9.17) is 0 Å². The number of aliphatic hydroxyl groups excluding tert-OH is 1. The van der Waals surface area contributed by atoms with Crippen molar-refractivity contribution in [3.05, 3.63) is 39.9 Å². The maximum atomic E-state index is 11.5. The van der Waals surface area contributed by atoms with Crippen molar-refractivity contribution in [3.8, 4) is 0 Å². The summed E-state index contributed by atoms with van der Waals surface area (Å²) in [6.45, 7) is 3.09. The van der Waals surface area contributed by atoms with Crippen molar-refractivity contribution >= 4 is 11.7 Å². The van der Waals surface area contributed by atoms with Crippen molar-refractivity contribution in [3.63, 3.8) is 0 Å². The predicted molar refractivity (Wildman–Crippen MR) is 63.9 cm³/mol. The topological polar surface area (TPSA) is 89.7 Å². The lowest BCUT2D eigenvalue weighted by molar-refractivity contribution is -0.384. The molecule has 0 aliphatic heterocycles. The van der Waals surface area contributed by atoms with Crippen LogP contribution >= 0.6 is 0 Å². The fourth-order valence-corrected chi connectivity index (χ4v) is 1.57. The number of nitro benzene ring substituents is 1. The quantitative estimate of drug-likeness (QED) is 0.502. The summed E-state index contributed by atoms with van der Waals surface area (Å²) in [5.41, 5.74) is -0.761. The average molecular weight is 253 g/mol. The minimum atomic E-state index is -1.12. The summed E-state index contributed by atoms with van der Waals surface area (Å²) < 4.78 is 4.61. The van der Waals surface area contributed by atoms with Gasteiger partial charge < -0.3 is 9.84 Å². The molecule has 0 radical (unpaired) electrons. The molecular weight excluding hydrogens is 238 g/mol. The number of esters is 1. The van der Waals surface area contributed by atoms with E-state index < -0.39 is 22.4 Å². The van der Waals surface area contributed by atoms with Crippen molar-refractivity contribution in [1.82, 2.24) is 0 Å². The van der Waals surface area contributed by atoms with E-state index in [2.05, 4.69) is 4.74 Å². The van der Waals surface area contributed by atoms with Crippen LogP contribution in [0.1, 0.15) is 25.5 Å². The van der Waals surface area contributed by atoms with Crippen LogP contribution in [0.25, 0.3) is 0 Å². The number of carbonyl (C=O) groups is 1. The van der Waals surface area contributed by atoms with Crippen molar-refractivity contribution in [2.24, 2.45) is 5.41 Å². The van der Waals surface area contributed by atoms with Gasteiger partial charge in [-0.25, -0.2) is 0 Å². The molecule has 0 saturated heterocycles. The van der Waals surface area contributed by atoms with Crippen LogP contribution in [0.4, 0.5) is 5.69 Å². The molecule has 1 atom stereocenters.